The van der Waals surface area contributed by atoms with E-state index in [0.717, 1.165) is 26.1 Å². The second-order valence-electron chi connectivity index (χ2n) is 4.72. The van der Waals surface area contributed by atoms with E-state index in [1.54, 1.807) is 0 Å². The summed E-state index contributed by atoms with van der Waals surface area (Å²) >= 11 is 0. The summed E-state index contributed by atoms with van der Waals surface area (Å²) in [6.45, 7) is 8.74. The molecule has 16 heavy (non-hydrogen) atoms. The second kappa shape index (κ2) is 7.44. The van der Waals surface area contributed by atoms with Gasteiger partial charge in [-0.2, -0.15) is 0 Å². The zero-order chi connectivity index (χ0) is 11.8. The van der Waals surface area contributed by atoms with Crippen molar-refractivity contribution in [3.8, 4) is 0 Å². The summed E-state index contributed by atoms with van der Waals surface area (Å²) in [6.07, 6.45) is 5.84. The lowest BCUT2D eigenvalue weighted by Crippen LogP contribution is -2.35. The largest absolute Gasteiger partial charge is 0.356 e. The molecule has 0 aromatic carbocycles. The van der Waals surface area contributed by atoms with Crippen LogP contribution in [0.15, 0.2) is 12.7 Å². The average molecular weight is 224 g/mol. The van der Waals surface area contributed by atoms with Crippen molar-refractivity contribution >= 4 is 5.91 Å². The molecule has 1 saturated heterocycles. The van der Waals surface area contributed by atoms with Gasteiger partial charge in [-0.15, -0.1) is 6.58 Å². The lowest BCUT2D eigenvalue weighted by molar-refractivity contribution is -0.122. The van der Waals surface area contributed by atoms with E-state index in [1.807, 2.05) is 6.08 Å². The fourth-order valence-corrected chi connectivity index (χ4v) is 2.21. The Hall–Kier alpha value is -0.830. The highest BCUT2D eigenvalue weighted by Crippen LogP contribution is 2.22. The van der Waals surface area contributed by atoms with E-state index in [2.05, 4.69) is 24.1 Å². The summed E-state index contributed by atoms with van der Waals surface area (Å²) in [6, 6.07) is 0. The molecule has 0 aliphatic carbocycles. The fraction of sp³-hybridized carbons (Fsp3) is 0.769. The van der Waals surface area contributed by atoms with Crippen LogP contribution in [0.25, 0.3) is 0 Å². The predicted molar refractivity (Wildman–Crippen MR) is 67.2 cm³/mol. The third kappa shape index (κ3) is 4.79. The van der Waals surface area contributed by atoms with Gasteiger partial charge in [-0.05, 0) is 44.2 Å². The van der Waals surface area contributed by atoms with Crippen LogP contribution < -0.4 is 10.6 Å². The molecule has 2 atom stereocenters. The van der Waals surface area contributed by atoms with Crippen molar-refractivity contribution in [2.45, 2.75) is 32.6 Å². The van der Waals surface area contributed by atoms with Crippen molar-refractivity contribution in [1.29, 1.82) is 0 Å². The molecule has 0 spiro atoms. The zero-order valence-electron chi connectivity index (χ0n) is 10.3. The van der Waals surface area contributed by atoms with Crippen LogP contribution in [0.2, 0.25) is 0 Å². The van der Waals surface area contributed by atoms with Crippen LogP contribution in [0.3, 0.4) is 0 Å². The number of hydrogen-bond acceptors (Lipinski definition) is 2. The first-order valence-corrected chi connectivity index (χ1v) is 6.32. The van der Waals surface area contributed by atoms with E-state index < -0.39 is 0 Å². The molecule has 0 bridgehead atoms. The molecule has 0 saturated carbocycles. The van der Waals surface area contributed by atoms with Gasteiger partial charge in [0.05, 0.1) is 0 Å². The van der Waals surface area contributed by atoms with Gasteiger partial charge in [0, 0.05) is 13.0 Å². The molecule has 0 radical (unpaired) electrons. The Labute approximate surface area is 98.7 Å². The van der Waals surface area contributed by atoms with Gasteiger partial charge in [0.15, 0.2) is 0 Å². The minimum absolute atomic E-state index is 0.180. The number of nitrogens with one attached hydrogen (secondary N) is 2. The first-order valence-electron chi connectivity index (χ1n) is 6.32. The van der Waals surface area contributed by atoms with Crippen molar-refractivity contribution in [3.05, 3.63) is 12.7 Å². The normalized spacial score (nSPS) is 22.4. The highest BCUT2D eigenvalue weighted by molar-refractivity contribution is 5.76. The Morgan fingerprint density at radius 3 is 3.12 bits per heavy atom. The van der Waals surface area contributed by atoms with E-state index in [0.29, 0.717) is 18.3 Å². The number of rotatable bonds is 6. The molecule has 1 amide bonds. The van der Waals surface area contributed by atoms with Crippen LogP contribution >= 0.6 is 0 Å². The molecule has 3 heteroatoms. The Kier molecular flexibility index (Phi) is 6.16. The minimum Gasteiger partial charge on any atom is -0.356 e. The molecule has 2 unspecified atom stereocenters. The van der Waals surface area contributed by atoms with Gasteiger partial charge in [-0.3, -0.25) is 4.79 Å². The smallest absolute Gasteiger partial charge is 0.220 e. The number of piperidine rings is 1. The van der Waals surface area contributed by atoms with E-state index in [9.17, 15) is 4.79 Å². The van der Waals surface area contributed by atoms with Crippen molar-refractivity contribution < 1.29 is 4.79 Å². The molecule has 1 aliphatic rings. The van der Waals surface area contributed by atoms with Crippen LogP contribution in [0, 0.1) is 11.8 Å². The maximum Gasteiger partial charge on any atom is 0.220 e. The third-order valence-electron chi connectivity index (χ3n) is 3.32. The third-order valence-corrected chi connectivity index (χ3v) is 3.32. The van der Waals surface area contributed by atoms with Crippen LogP contribution in [-0.2, 0) is 4.79 Å². The number of carbonyl (C=O) groups excluding carboxylic acids is 1. The van der Waals surface area contributed by atoms with E-state index in [-0.39, 0.29) is 5.91 Å². The summed E-state index contributed by atoms with van der Waals surface area (Å²) in [7, 11) is 0. The van der Waals surface area contributed by atoms with Gasteiger partial charge < -0.3 is 10.6 Å². The van der Waals surface area contributed by atoms with Crippen LogP contribution in [0.4, 0.5) is 0 Å². The van der Waals surface area contributed by atoms with Crippen LogP contribution in [0.1, 0.15) is 32.6 Å². The molecular weight excluding hydrogens is 200 g/mol. The topological polar surface area (TPSA) is 41.1 Å². The molecular formula is C13H24N2O. The molecule has 1 rings (SSSR count). The lowest BCUT2D eigenvalue weighted by atomic mass is 9.85. The molecule has 1 aliphatic heterocycles. The van der Waals surface area contributed by atoms with Gasteiger partial charge in [-0.1, -0.05) is 13.0 Å². The molecule has 1 fully saturated rings. The predicted octanol–water partition coefficient (Wildman–Crippen LogP) is 1.70. The van der Waals surface area contributed by atoms with Gasteiger partial charge in [0.25, 0.3) is 0 Å². The number of carbonyl (C=O) groups is 1. The Morgan fingerprint density at radius 1 is 1.69 bits per heavy atom. The first-order chi connectivity index (χ1) is 7.74. The van der Waals surface area contributed by atoms with E-state index >= 15 is 0 Å². The molecule has 92 valence electrons. The van der Waals surface area contributed by atoms with Crippen molar-refractivity contribution in [3.63, 3.8) is 0 Å². The second-order valence-corrected chi connectivity index (χ2v) is 4.72. The zero-order valence-corrected chi connectivity index (χ0v) is 10.3. The summed E-state index contributed by atoms with van der Waals surface area (Å²) < 4.78 is 0. The molecule has 0 aromatic heterocycles. The van der Waals surface area contributed by atoms with Gasteiger partial charge >= 0.3 is 0 Å². The maximum atomic E-state index is 11.6. The SMILES string of the molecule is C=CCCNC(=O)CC(C)C1CCCNC1. The molecule has 3 nitrogen and oxygen atoms in total. The summed E-state index contributed by atoms with van der Waals surface area (Å²) in [5.41, 5.74) is 0. The fourth-order valence-electron chi connectivity index (χ4n) is 2.21. The van der Waals surface area contributed by atoms with Crippen LogP contribution in [-0.4, -0.2) is 25.5 Å². The summed E-state index contributed by atoms with van der Waals surface area (Å²) in [5, 5.41) is 6.32. The maximum absolute atomic E-state index is 11.6. The van der Waals surface area contributed by atoms with E-state index in [1.165, 1.54) is 12.8 Å². The Bertz CT molecular complexity index is 222. The molecule has 0 aromatic rings. The van der Waals surface area contributed by atoms with Crippen LogP contribution in [0.5, 0.6) is 0 Å². The quantitative estimate of drug-likeness (QED) is 0.532. The van der Waals surface area contributed by atoms with Gasteiger partial charge in [0.1, 0.15) is 0 Å². The molecule has 2 N–H and O–H groups in total. The number of hydrogen-bond donors (Lipinski definition) is 2. The summed E-state index contributed by atoms with van der Waals surface area (Å²) in [4.78, 5) is 11.6. The van der Waals surface area contributed by atoms with Crippen molar-refractivity contribution in [2.75, 3.05) is 19.6 Å². The van der Waals surface area contributed by atoms with E-state index in [4.69, 9.17) is 0 Å². The average Bonchev–Trinajstić information content (AvgIpc) is 2.30. The standard InChI is InChI=1S/C13H24N2O/c1-3-4-8-15-13(16)9-11(2)12-6-5-7-14-10-12/h3,11-12,14H,1,4-10H2,2H3,(H,15,16). The number of amides is 1. The highest BCUT2D eigenvalue weighted by atomic mass is 16.1. The van der Waals surface area contributed by atoms with Crippen molar-refractivity contribution in [1.82, 2.24) is 10.6 Å². The monoisotopic (exact) mass is 224 g/mol. The molecule has 1 heterocycles. The minimum atomic E-state index is 0.180. The Morgan fingerprint density at radius 2 is 2.50 bits per heavy atom. The lowest BCUT2D eigenvalue weighted by Gasteiger charge is -2.27. The van der Waals surface area contributed by atoms with Crippen molar-refractivity contribution in [2.24, 2.45) is 11.8 Å². The summed E-state index contributed by atoms with van der Waals surface area (Å²) in [5.74, 6) is 1.33. The Balaban J connectivity index is 2.18. The first kappa shape index (κ1) is 13.2. The van der Waals surface area contributed by atoms with Gasteiger partial charge in [0.2, 0.25) is 5.91 Å². The van der Waals surface area contributed by atoms with Gasteiger partial charge in [-0.25, -0.2) is 0 Å². The highest BCUT2D eigenvalue weighted by Gasteiger charge is 2.21.